The van der Waals surface area contributed by atoms with Crippen molar-refractivity contribution in [2.75, 3.05) is 6.61 Å². The van der Waals surface area contributed by atoms with Crippen molar-refractivity contribution in [1.82, 2.24) is 0 Å². The van der Waals surface area contributed by atoms with Gasteiger partial charge < -0.3 is 9.84 Å². The predicted octanol–water partition coefficient (Wildman–Crippen LogP) is 6.53. The van der Waals surface area contributed by atoms with E-state index in [0.717, 1.165) is 17.9 Å². The number of ether oxygens (including phenoxy) is 1. The van der Waals surface area contributed by atoms with E-state index in [2.05, 4.69) is 26.0 Å². The Balaban J connectivity index is 0.000000196. The van der Waals surface area contributed by atoms with Gasteiger partial charge in [0.15, 0.2) is 0 Å². The molecule has 1 aliphatic carbocycles. The van der Waals surface area contributed by atoms with Crippen molar-refractivity contribution in [1.29, 1.82) is 0 Å². The molecule has 0 atom stereocenters. The quantitative estimate of drug-likeness (QED) is 0.634. The molecule has 0 bridgehead atoms. The second kappa shape index (κ2) is 10.5. The Morgan fingerprint density at radius 1 is 1.08 bits per heavy atom. The van der Waals surface area contributed by atoms with E-state index in [0.29, 0.717) is 5.92 Å². The maximum atomic E-state index is 9.41. The number of hydrogen-bond acceptors (Lipinski definition) is 3. The van der Waals surface area contributed by atoms with Crippen LogP contribution in [0.1, 0.15) is 61.3 Å². The van der Waals surface area contributed by atoms with Gasteiger partial charge in [0.1, 0.15) is 11.5 Å². The van der Waals surface area contributed by atoms with Crippen LogP contribution in [0.4, 0.5) is 0 Å². The summed E-state index contributed by atoms with van der Waals surface area (Å²) in [5.74, 6) is 1.79. The van der Waals surface area contributed by atoms with Crippen LogP contribution in [0, 0.1) is 12.8 Å². The molecule has 1 N–H and O–H groups in total. The Morgan fingerprint density at radius 2 is 1.80 bits per heavy atom. The summed E-state index contributed by atoms with van der Waals surface area (Å²) in [6.07, 6.45) is 8.97. The van der Waals surface area contributed by atoms with Crippen molar-refractivity contribution in [2.45, 2.75) is 65.7 Å². The standard InChI is InChI=1S/C13H18O2.C9H14S/c1-10-6-12(14)8-13(7-10)15-9-11-4-2-3-5-11;1-3-5-9-7-6-8(4-2)10-9/h6-8,11,14H,2-5,9H2,1H3;6-7H,3-5H2,1-2H3. The van der Waals surface area contributed by atoms with Gasteiger partial charge in [-0.2, -0.15) is 0 Å². The molecule has 3 rings (SSSR count). The number of benzene rings is 1. The lowest BCUT2D eigenvalue weighted by Gasteiger charge is -2.11. The molecule has 2 aromatic rings. The molecule has 2 nitrogen and oxygen atoms in total. The van der Waals surface area contributed by atoms with Crippen molar-refractivity contribution < 1.29 is 9.84 Å². The zero-order valence-electron chi connectivity index (χ0n) is 15.9. The van der Waals surface area contributed by atoms with Crippen LogP contribution in [0.25, 0.3) is 0 Å². The Hall–Kier alpha value is -1.48. The van der Waals surface area contributed by atoms with Crippen LogP contribution in [0.15, 0.2) is 30.3 Å². The molecule has 0 radical (unpaired) electrons. The number of phenols is 1. The Morgan fingerprint density at radius 3 is 2.40 bits per heavy atom. The average Bonchev–Trinajstić information content (AvgIpc) is 3.24. The highest BCUT2D eigenvalue weighted by Gasteiger charge is 2.15. The number of hydrogen-bond donors (Lipinski definition) is 1. The number of phenolic OH excluding ortho intramolecular Hbond substituents is 1. The van der Waals surface area contributed by atoms with Gasteiger partial charge in [0, 0.05) is 15.8 Å². The second-order valence-electron chi connectivity index (χ2n) is 6.94. The lowest BCUT2D eigenvalue weighted by atomic mass is 10.1. The van der Waals surface area contributed by atoms with Crippen LogP contribution >= 0.6 is 11.3 Å². The van der Waals surface area contributed by atoms with Gasteiger partial charge in [0.25, 0.3) is 0 Å². The first kappa shape index (κ1) is 19.8. The molecule has 1 saturated carbocycles. The number of rotatable bonds is 6. The molecule has 25 heavy (non-hydrogen) atoms. The van der Waals surface area contributed by atoms with E-state index in [9.17, 15) is 5.11 Å². The Labute approximate surface area is 156 Å². The zero-order chi connectivity index (χ0) is 18.1. The van der Waals surface area contributed by atoms with Crippen molar-refractivity contribution in [3.63, 3.8) is 0 Å². The summed E-state index contributed by atoms with van der Waals surface area (Å²) in [5, 5.41) is 9.41. The van der Waals surface area contributed by atoms with Crippen LogP contribution in [0.3, 0.4) is 0 Å². The fourth-order valence-corrected chi connectivity index (χ4v) is 4.26. The van der Waals surface area contributed by atoms with E-state index < -0.39 is 0 Å². The zero-order valence-corrected chi connectivity index (χ0v) is 16.7. The molecule has 0 saturated heterocycles. The average molecular weight is 361 g/mol. The first-order valence-electron chi connectivity index (χ1n) is 9.61. The molecule has 1 aliphatic rings. The van der Waals surface area contributed by atoms with Gasteiger partial charge in [-0.15, -0.1) is 11.3 Å². The monoisotopic (exact) mass is 360 g/mol. The highest BCUT2D eigenvalue weighted by molar-refractivity contribution is 7.11. The molecule has 1 aromatic carbocycles. The van der Waals surface area contributed by atoms with Crippen LogP contribution < -0.4 is 4.74 Å². The van der Waals surface area contributed by atoms with E-state index in [1.807, 2.05) is 24.3 Å². The Bertz CT molecular complexity index is 606. The summed E-state index contributed by atoms with van der Waals surface area (Å²) in [5.41, 5.74) is 1.04. The summed E-state index contributed by atoms with van der Waals surface area (Å²) in [7, 11) is 0. The minimum atomic E-state index is 0.288. The molecule has 0 unspecified atom stereocenters. The van der Waals surface area contributed by atoms with Gasteiger partial charge in [-0.3, -0.25) is 0 Å². The molecule has 1 heterocycles. The smallest absolute Gasteiger partial charge is 0.123 e. The van der Waals surface area contributed by atoms with E-state index >= 15 is 0 Å². The highest BCUT2D eigenvalue weighted by Crippen LogP contribution is 2.27. The lowest BCUT2D eigenvalue weighted by Crippen LogP contribution is -2.07. The molecular formula is C22H32O2S. The van der Waals surface area contributed by atoms with Crippen molar-refractivity contribution >= 4 is 11.3 Å². The third kappa shape index (κ3) is 7.11. The number of aromatic hydroxyl groups is 1. The largest absolute Gasteiger partial charge is 0.508 e. The normalized spacial score (nSPS) is 14.2. The van der Waals surface area contributed by atoms with E-state index in [1.165, 1.54) is 49.8 Å². The van der Waals surface area contributed by atoms with Crippen LogP contribution in [-0.4, -0.2) is 11.7 Å². The lowest BCUT2D eigenvalue weighted by molar-refractivity contribution is 0.251. The topological polar surface area (TPSA) is 29.5 Å². The van der Waals surface area contributed by atoms with Gasteiger partial charge in [0.05, 0.1) is 6.61 Å². The molecule has 1 aromatic heterocycles. The highest BCUT2D eigenvalue weighted by atomic mass is 32.1. The van der Waals surface area contributed by atoms with Crippen LogP contribution in [0.5, 0.6) is 11.5 Å². The summed E-state index contributed by atoms with van der Waals surface area (Å²) < 4.78 is 5.69. The van der Waals surface area contributed by atoms with Crippen LogP contribution in [0.2, 0.25) is 0 Å². The number of aryl methyl sites for hydroxylation is 3. The van der Waals surface area contributed by atoms with Crippen molar-refractivity contribution in [2.24, 2.45) is 5.92 Å². The van der Waals surface area contributed by atoms with Gasteiger partial charge in [-0.1, -0.05) is 33.1 Å². The van der Waals surface area contributed by atoms with Gasteiger partial charge in [-0.25, -0.2) is 0 Å². The summed E-state index contributed by atoms with van der Waals surface area (Å²) in [6.45, 7) is 7.19. The summed E-state index contributed by atoms with van der Waals surface area (Å²) >= 11 is 1.96. The third-order valence-corrected chi connectivity index (χ3v) is 5.85. The molecule has 0 amide bonds. The fraction of sp³-hybridized carbons (Fsp3) is 0.545. The minimum Gasteiger partial charge on any atom is -0.508 e. The van der Waals surface area contributed by atoms with Crippen molar-refractivity contribution in [3.8, 4) is 11.5 Å². The molecule has 1 fully saturated rings. The first-order valence-corrected chi connectivity index (χ1v) is 10.4. The Kier molecular flexibility index (Phi) is 8.33. The molecule has 0 spiro atoms. The molecule has 138 valence electrons. The minimum absolute atomic E-state index is 0.288. The van der Waals surface area contributed by atoms with Crippen LogP contribution in [-0.2, 0) is 12.8 Å². The number of thiophene rings is 1. The maximum Gasteiger partial charge on any atom is 0.123 e. The summed E-state index contributed by atoms with van der Waals surface area (Å²) in [6, 6.07) is 9.89. The first-order chi connectivity index (χ1) is 12.1. The van der Waals surface area contributed by atoms with Crippen molar-refractivity contribution in [3.05, 3.63) is 45.6 Å². The third-order valence-electron chi connectivity index (χ3n) is 4.56. The maximum absolute atomic E-state index is 9.41. The van der Waals surface area contributed by atoms with Gasteiger partial charge in [0.2, 0.25) is 0 Å². The second-order valence-corrected chi connectivity index (χ2v) is 8.19. The van der Waals surface area contributed by atoms with E-state index in [1.54, 1.807) is 17.0 Å². The molecule has 3 heteroatoms. The molecule has 0 aliphatic heterocycles. The fourth-order valence-electron chi connectivity index (χ4n) is 3.20. The van der Waals surface area contributed by atoms with E-state index in [4.69, 9.17) is 4.74 Å². The predicted molar refractivity (Wildman–Crippen MR) is 108 cm³/mol. The van der Waals surface area contributed by atoms with Gasteiger partial charge >= 0.3 is 0 Å². The summed E-state index contributed by atoms with van der Waals surface area (Å²) in [4.78, 5) is 3.06. The SMILES string of the molecule is CCCc1ccc(CC)s1.Cc1cc(O)cc(OCC2CCCC2)c1. The van der Waals surface area contributed by atoms with E-state index in [-0.39, 0.29) is 5.75 Å². The molecular weight excluding hydrogens is 328 g/mol. The van der Waals surface area contributed by atoms with Gasteiger partial charge in [-0.05, 0) is 68.4 Å².